The van der Waals surface area contributed by atoms with E-state index < -0.39 is 17.7 Å². The number of carbonyl (C=O) groups is 1. The number of para-hydroxylation sites is 2. The molecule has 0 aromatic heterocycles. The van der Waals surface area contributed by atoms with Crippen molar-refractivity contribution < 1.29 is 13.6 Å². The Hall–Kier alpha value is -3.18. The van der Waals surface area contributed by atoms with Gasteiger partial charge in [-0.3, -0.25) is 4.79 Å². The topological polar surface area (TPSA) is 41.1 Å². The Kier molecular flexibility index (Phi) is 4.98. The molecule has 6 heteroatoms. The lowest BCUT2D eigenvalue weighted by atomic mass is 9.78. The third kappa shape index (κ3) is 3.59. The van der Waals surface area contributed by atoms with Crippen LogP contribution in [0.25, 0.3) is 0 Å². The van der Waals surface area contributed by atoms with Crippen molar-refractivity contribution in [3.05, 3.63) is 106 Å². The summed E-state index contributed by atoms with van der Waals surface area (Å²) in [6, 6.07) is 17.5. The van der Waals surface area contributed by atoms with E-state index in [1.54, 1.807) is 0 Å². The van der Waals surface area contributed by atoms with Crippen molar-refractivity contribution in [3.8, 4) is 0 Å². The monoisotopic (exact) mass is 436 g/mol. The third-order valence-electron chi connectivity index (χ3n) is 5.92. The molecule has 31 heavy (non-hydrogen) atoms. The molecule has 156 valence electrons. The molecule has 0 amide bonds. The Labute approximate surface area is 183 Å². The molecule has 0 fully saturated rings. The zero-order valence-electron chi connectivity index (χ0n) is 16.5. The Balaban J connectivity index is 1.65. The van der Waals surface area contributed by atoms with Gasteiger partial charge in [0.15, 0.2) is 5.78 Å². The number of allylic oxidation sites excluding steroid dienone is 1. The fourth-order valence-corrected chi connectivity index (χ4v) is 4.78. The molecule has 5 rings (SSSR count). The molecule has 3 nitrogen and oxygen atoms in total. The summed E-state index contributed by atoms with van der Waals surface area (Å²) in [6.07, 6.45) is 0.782. The number of benzene rings is 3. The maximum Gasteiger partial charge on any atom is 0.163 e. The van der Waals surface area contributed by atoms with Gasteiger partial charge in [-0.15, -0.1) is 0 Å². The molecule has 1 heterocycles. The van der Waals surface area contributed by atoms with Crippen LogP contribution in [-0.4, -0.2) is 5.78 Å². The van der Waals surface area contributed by atoms with Crippen LogP contribution >= 0.6 is 11.6 Å². The average Bonchev–Trinajstić information content (AvgIpc) is 2.92. The van der Waals surface area contributed by atoms with E-state index in [9.17, 15) is 13.6 Å². The van der Waals surface area contributed by atoms with Gasteiger partial charge in [0.2, 0.25) is 0 Å². The van der Waals surface area contributed by atoms with Crippen LogP contribution in [0.4, 0.5) is 20.2 Å². The number of halogens is 3. The second-order valence-electron chi connectivity index (χ2n) is 7.86. The molecule has 2 N–H and O–H groups in total. The largest absolute Gasteiger partial charge is 0.372 e. The van der Waals surface area contributed by atoms with Crippen LogP contribution in [0.15, 0.2) is 78.0 Å². The predicted molar refractivity (Wildman–Crippen MR) is 118 cm³/mol. The molecule has 1 aliphatic heterocycles. The van der Waals surface area contributed by atoms with Crippen molar-refractivity contribution >= 4 is 28.8 Å². The van der Waals surface area contributed by atoms with E-state index in [-0.39, 0.29) is 23.7 Å². The van der Waals surface area contributed by atoms with Crippen LogP contribution in [-0.2, 0) is 4.79 Å². The highest BCUT2D eigenvalue weighted by Gasteiger charge is 2.37. The van der Waals surface area contributed by atoms with E-state index in [2.05, 4.69) is 10.6 Å². The maximum absolute atomic E-state index is 14.8. The summed E-state index contributed by atoms with van der Waals surface area (Å²) < 4.78 is 28.8. The number of rotatable bonds is 2. The number of hydrogen-bond acceptors (Lipinski definition) is 3. The third-order valence-corrected chi connectivity index (χ3v) is 6.27. The molecule has 2 atom stereocenters. The van der Waals surface area contributed by atoms with Gasteiger partial charge >= 0.3 is 0 Å². The fraction of sp³-hybridized carbons (Fsp3) is 0.160. The molecular weight excluding hydrogens is 418 g/mol. The van der Waals surface area contributed by atoms with Crippen molar-refractivity contribution in [3.63, 3.8) is 0 Å². The molecule has 0 saturated heterocycles. The van der Waals surface area contributed by atoms with Gasteiger partial charge in [0.1, 0.15) is 11.6 Å². The number of ketones is 1. The quantitative estimate of drug-likeness (QED) is 0.475. The highest BCUT2D eigenvalue weighted by Crippen LogP contribution is 2.45. The summed E-state index contributed by atoms with van der Waals surface area (Å²) in [4.78, 5) is 13.4. The van der Waals surface area contributed by atoms with Gasteiger partial charge in [0.05, 0.1) is 17.4 Å². The highest BCUT2D eigenvalue weighted by molar-refractivity contribution is 6.31. The zero-order valence-corrected chi connectivity index (χ0v) is 17.2. The maximum atomic E-state index is 14.8. The first-order chi connectivity index (χ1) is 15.0. The van der Waals surface area contributed by atoms with Crippen molar-refractivity contribution in [2.24, 2.45) is 0 Å². The Bertz CT molecular complexity index is 1220. The summed E-state index contributed by atoms with van der Waals surface area (Å²) in [7, 11) is 0. The van der Waals surface area contributed by atoms with E-state index >= 15 is 0 Å². The van der Waals surface area contributed by atoms with Crippen LogP contribution in [0.3, 0.4) is 0 Å². The molecule has 0 bridgehead atoms. The standard InChI is InChI=1S/C25H19ClF2N2O/c26-18-6-2-1-5-16(18)14-11-22-24(23(31)12-14)25(17-13-15(27)9-10-19(17)28)30-21-8-4-3-7-20(21)29-22/h1-10,13-14,25,29-30H,11-12H2. The van der Waals surface area contributed by atoms with Crippen molar-refractivity contribution in [1.29, 1.82) is 0 Å². The Morgan fingerprint density at radius 2 is 1.61 bits per heavy atom. The molecule has 1 aliphatic carbocycles. The molecular formula is C25H19ClF2N2O. The number of carbonyl (C=O) groups excluding carboxylic acids is 1. The van der Waals surface area contributed by atoms with Gasteiger partial charge in [-0.25, -0.2) is 8.78 Å². The van der Waals surface area contributed by atoms with Gasteiger partial charge < -0.3 is 10.6 Å². The van der Waals surface area contributed by atoms with Gasteiger partial charge in [-0.05, 0) is 54.3 Å². The lowest BCUT2D eigenvalue weighted by Crippen LogP contribution is -2.27. The average molecular weight is 437 g/mol. The summed E-state index contributed by atoms with van der Waals surface area (Å²) in [5, 5.41) is 7.26. The van der Waals surface area contributed by atoms with Gasteiger partial charge in [0.25, 0.3) is 0 Å². The smallest absolute Gasteiger partial charge is 0.163 e. The number of anilines is 2. The predicted octanol–water partition coefficient (Wildman–Crippen LogP) is 6.60. The van der Waals surface area contributed by atoms with Crippen molar-refractivity contribution in [1.82, 2.24) is 0 Å². The first kappa shape index (κ1) is 19.8. The van der Waals surface area contributed by atoms with Crippen LogP contribution in [0.5, 0.6) is 0 Å². The summed E-state index contributed by atoms with van der Waals surface area (Å²) >= 11 is 6.41. The summed E-state index contributed by atoms with van der Waals surface area (Å²) in [5.41, 5.74) is 3.64. The van der Waals surface area contributed by atoms with Crippen LogP contribution in [0.1, 0.15) is 35.9 Å². The van der Waals surface area contributed by atoms with E-state index in [1.807, 2.05) is 48.5 Å². The lowest BCUT2D eigenvalue weighted by Gasteiger charge is -2.30. The zero-order chi connectivity index (χ0) is 21.5. The number of nitrogens with one attached hydrogen (secondary N) is 2. The minimum atomic E-state index is -0.804. The van der Waals surface area contributed by atoms with Crippen molar-refractivity contribution in [2.75, 3.05) is 10.6 Å². The van der Waals surface area contributed by atoms with Crippen LogP contribution in [0, 0.1) is 11.6 Å². The minimum Gasteiger partial charge on any atom is -0.372 e. The van der Waals surface area contributed by atoms with E-state index in [1.165, 1.54) is 0 Å². The fourth-order valence-electron chi connectivity index (χ4n) is 4.49. The van der Waals surface area contributed by atoms with E-state index in [0.29, 0.717) is 28.4 Å². The molecule has 0 saturated carbocycles. The first-order valence-corrected chi connectivity index (χ1v) is 10.5. The Morgan fingerprint density at radius 3 is 2.42 bits per heavy atom. The van der Waals surface area contributed by atoms with Gasteiger partial charge in [-0.1, -0.05) is 41.9 Å². The summed E-state index contributed by atoms with van der Waals surface area (Å²) in [6.45, 7) is 0. The number of hydrogen-bond donors (Lipinski definition) is 2. The Morgan fingerprint density at radius 1 is 0.871 bits per heavy atom. The minimum absolute atomic E-state index is 0.101. The number of Topliss-reactive ketones (excluding diaryl/α,β-unsaturated/α-hetero) is 1. The molecule has 2 unspecified atom stereocenters. The SMILES string of the molecule is O=C1CC(c2ccccc2Cl)CC2=C1C(c1cc(F)ccc1F)Nc1ccccc1N2. The molecule has 2 aliphatic rings. The normalized spacial score (nSPS) is 20.3. The second kappa shape index (κ2) is 7.82. The first-order valence-electron chi connectivity index (χ1n) is 10.1. The molecule has 3 aromatic rings. The van der Waals surface area contributed by atoms with E-state index in [4.69, 9.17) is 11.6 Å². The summed E-state index contributed by atoms with van der Waals surface area (Å²) in [5.74, 6) is -1.34. The van der Waals surface area contributed by atoms with Gasteiger partial charge in [-0.2, -0.15) is 0 Å². The van der Waals surface area contributed by atoms with Crippen molar-refractivity contribution in [2.45, 2.75) is 24.8 Å². The van der Waals surface area contributed by atoms with Gasteiger partial charge in [0, 0.05) is 28.3 Å². The second-order valence-corrected chi connectivity index (χ2v) is 8.26. The molecule has 0 radical (unpaired) electrons. The molecule has 0 spiro atoms. The number of fused-ring (bicyclic) bond motifs is 1. The lowest BCUT2D eigenvalue weighted by molar-refractivity contribution is -0.116. The molecule has 3 aromatic carbocycles. The highest BCUT2D eigenvalue weighted by atomic mass is 35.5. The van der Waals surface area contributed by atoms with Crippen LogP contribution in [0.2, 0.25) is 5.02 Å². The van der Waals surface area contributed by atoms with E-state index in [0.717, 1.165) is 29.4 Å². The van der Waals surface area contributed by atoms with Crippen LogP contribution < -0.4 is 10.6 Å².